The number of rotatable bonds is 4. The summed E-state index contributed by atoms with van der Waals surface area (Å²) in [6.45, 7) is 0.555. The van der Waals surface area contributed by atoms with Crippen molar-refractivity contribution in [1.29, 1.82) is 0 Å². The van der Waals surface area contributed by atoms with Gasteiger partial charge in [0.1, 0.15) is 0 Å². The standard InChI is InChI=1S/C18H19ClN6/c1-20-18(21-11-17-24-23-16-7-2-3-8-25(16)17)22-15-10-14(15)12-5-4-6-13(19)9-12/h2-9,14-15H,10-11H2,1H3,(H2,20,21,22). The molecule has 2 unspecified atom stereocenters. The zero-order valence-electron chi connectivity index (χ0n) is 13.9. The quantitative estimate of drug-likeness (QED) is 0.558. The predicted molar refractivity (Wildman–Crippen MR) is 98.9 cm³/mol. The molecule has 1 aromatic carbocycles. The number of halogens is 1. The second kappa shape index (κ2) is 6.72. The van der Waals surface area contributed by atoms with Gasteiger partial charge in [-0.2, -0.15) is 0 Å². The molecule has 7 heteroatoms. The Hall–Kier alpha value is -2.60. The number of fused-ring (bicyclic) bond motifs is 1. The molecule has 4 rings (SSSR count). The molecule has 0 spiro atoms. The van der Waals surface area contributed by atoms with Crippen LogP contribution in [0, 0.1) is 0 Å². The fraction of sp³-hybridized carbons (Fsp3) is 0.278. The number of guanidine groups is 1. The number of nitrogens with zero attached hydrogens (tertiary/aromatic N) is 4. The highest BCUT2D eigenvalue weighted by atomic mass is 35.5. The zero-order chi connectivity index (χ0) is 17.2. The van der Waals surface area contributed by atoms with Gasteiger partial charge in [0, 0.05) is 30.2 Å². The lowest BCUT2D eigenvalue weighted by molar-refractivity contribution is 0.753. The summed E-state index contributed by atoms with van der Waals surface area (Å²) in [6.07, 6.45) is 3.04. The van der Waals surface area contributed by atoms with Crippen molar-refractivity contribution >= 4 is 23.2 Å². The molecule has 0 aliphatic heterocycles. The molecule has 1 aliphatic carbocycles. The molecule has 2 heterocycles. The van der Waals surface area contributed by atoms with E-state index in [0.717, 1.165) is 28.9 Å². The zero-order valence-corrected chi connectivity index (χ0v) is 14.6. The minimum Gasteiger partial charge on any atom is -0.353 e. The van der Waals surface area contributed by atoms with Crippen LogP contribution in [0.5, 0.6) is 0 Å². The Kier molecular flexibility index (Phi) is 4.28. The lowest BCUT2D eigenvalue weighted by Gasteiger charge is -2.11. The van der Waals surface area contributed by atoms with Crippen LogP contribution in [0.4, 0.5) is 0 Å². The monoisotopic (exact) mass is 354 g/mol. The highest BCUT2D eigenvalue weighted by molar-refractivity contribution is 6.30. The number of pyridine rings is 1. The Bertz CT molecular complexity index is 919. The molecule has 1 aliphatic rings. The van der Waals surface area contributed by atoms with Gasteiger partial charge in [0.15, 0.2) is 17.4 Å². The maximum absolute atomic E-state index is 6.08. The minimum atomic E-state index is 0.375. The average molecular weight is 355 g/mol. The lowest BCUT2D eigenvalue weighted by Crippen LogP contribution is -2.39. The molecule has 1 fully saturated rings. The van der Waals surface area contributed by atoms with Crippen molar-refractivity contribution in [3.63, 3.8) is 0 Å². The van der Waals surface area contributed by atoms with E-state index in [4.69, 9.17) is 11.6 Å². The molecule has 3 aromatic rings. The van der Waals surface area contributed by atoms with Gasteiger partial charge in [-0.3, -0.25) is 9.39 Å². The van der Waals surface area contributed by atoms with Gasteiger partial charge in [-0.1, -0.05) is 29.8 Å². The molecule has 2 N–H and O–H groups in total. The number of hydrogen-bond acceptors (Lipinski definition) is 3. The van der Waals surface area contributed by atoms with Crippen molar-refractivity contribution in [1.82, 2.24) is 25.2 Å². The van der Waals surface area contributed by atoms with E-state index in [9.17, 15) is 0 Å². The fourth-order valence-corrected chi connectivity index (χ4v) is 3.20. The predicted octanol–water partition coefficient (Wildman–Crippen LogP) is 2.60. The Morgan fingerprint density at radius 2 is 2.20 bits per heavy atom. The van der Waals surface area contributed by atoms with E-state index in [1.165, 1.54) is 5.56 Å². The molecule has 2 aromatic heterocycles. The van der Waals surface area contributed by atoms with Gasteiger partial charge in [-0.25, -0.2) is 0 Å². The third kappa shape index (κ3) is 3.44. The molecular formula is C18H19ClN6. The van der Waals surface area contributed by atoms with Crippen molar-refractivity contribution in [2.24, 2.45) is 4.99 Å². The van der Waals surface area contributed by atoms with Crippen LogP contribution in [0.2, 0.25) is 5.02 Å². The van der Waals surface area contributed by atoms with Crippen LogP contribution in [0.1, 0.15) is 23.7 Å². The normalized spacial score (nSPS) is 19.8. The molecule has 6 nitrogen and oxygen atoms in total. The third-order valence-electron chi connectivity index (χ3n) is 4.41. The van der Waals surface area contributed by atoms with Crippen LogP contribution in [0.15, 0.2) is 53.7 Å². The van der Waals surface area contributed by atoms with Crippen molar-refractivity contribution in [3.8, 4) is 0 Å². The van der Waals surface area contributed by atoms with Crippen LogP contribution in [0.25, 0.3) is 5.65 Å². The minimum absolute atomic E-state index is 0.375. The maximum Gasteiger partial charge on any atom is 0.191 e. The number of benzene rings is 1. The second-order valence-corrected chi connectivity index (χ2v) is 6.56. The summed E-state index contributed by atoms with van der Waals surface area (Å²) in [7, 11) is 1.77. The van der Waals surface area contributed by atoms with Crippen molar-refractivity contribution < 1.29 is 0 Å². The van der Waals surface area contributed by atoms with Crippen LogP contribution < -0.4 is 10.6 Å². The van der Waals surface area contributed by atoms with Crippen molar-refractivity contribution in [2.75, 3.05) is 7.05 Å². The summed E-state index contributed by atoms with van der Waals surface area (Å²) in [4.78, 5) is 4.30. The topological polar surface area (TPSA) is 66.6 Å². The molecule has 128 valence electrons. The number of nitrogens with one attached hydrogen (secondary N) is 2. The highest BCUT2D eigenvalue weighted by Gasteiger charge is 2.39. The average Bonchev–Trinajstić information content (AvgIpc) is 3.29. The van der Waals surface area contributed by atoms with E-state index in [1.807, 2.05) is 47.0 Å². The van der Waals surface area contributed by atoms with Crippen LogP contribution in [-0.2, 0) is 6.54 Å². The number of hydrogen-bond donors (Lipinski definition) is 2. The van der Waals surface area contributed by atoms with Crippen LogP contribution in [-0.4, -0.2) is 33.6 Å². The molecule has 2 atom stereocenters. The summed E-state index contributed by atoms with van der Waals surface area (Å²) < 4.78 is 1.96. The van der Waals surface area contributed by atoms with Gasteiger partial charge in [0.05, 0.1) is 6.54 Å². The Morgan fingerprint density at radius 3 is 3.04 bits per heavy atom. The van der Waals surface area contributed by atoms with E-state index < -0.39 is 0 Å². The molecule has 0 radical (unpaired) electrons. The highest BCUT2D eigenvalue weighted by Crippen LogP contribution is 2.41. The van der Waals surface area contributed by atoms with E-state index in [0.29, 0.717) is 18.5 Å². The largest absolute Gasteiger partial charge is 0.353 e. The molecule has 1 saturated carbocycles. The summed E-state index contributed by atoms with van der Waals surface area (Å²) in [5.74, 6) is 2.09. The summed E-state index contributed by atoms with van der Waals surface area (Å²) in [5, 5.41) is 15.9. The number of aromatic nitrogens is 3. The van der Waals surface area contributed by atoms with Gasteiger partial charge in [-0.05, 0) is 36.2 Å². The van der Waals surface area contributed by atoms with E-state index in [1.54, 1.807) is 7.05 Å². The van der Waals surface area contributed by atoms with Crippen LogP contribution >= 0.6 is 11.6 Å². The Morgan fingerprint density at radius 1 is 1.28 bits per heavy atom. The first-order valence-electron chi connectivity index (χ1n) is 8.26. The van der Waals surface area contributed by atoms with Crippen LogP contribution in [0.3, 0.4) is 0 Å². The Labute approximate surface area is 150 Å². The fourth-order valence-electron chi connectivity index (χ4n) is 3.00. The first-order valence-corrected chi connectivity index (χ1v) is 8.63. The summed E-state index contributed by atoms with van der Waals surface area (Å²) in [6, 6.07) is 14.3. The lowest BCUT2D eigenvalue weighted by atomic mass is 10.1. The maximum atomic E-state index is 6.08. The van der Waals surface area contributed by atoms with Gasteiger partial charge in [0.2, 0.25) is 0 Å². The summed E-state index contributed by atoms with van der Waals surface area (Å²) in [5.41, 5.74) is 2.11. The molecule has 0 amide bonds. The van der Waals surface area contributed by atoms with E-state index >= 15 is 0 Å². The molecule has 0 bridgehead atoms. The Balaban J connectivity index is 1.36. The van der Waals surface area contributed by atoms with Gasteiger partial charge < -0.3 is 10.6 Å². The molecular weight excluding hydrogens is 336 g/mol. The van der Waals surface area contributed by atoms with E-state index in [2.05, 4.69) is 31.9 Å². The van der Waals surface area contributed by atoms with Crippen molar-refractivity contribution in [3.05, 3.63) is 65.1 Å². The SMILES string of the molecule is CN=C(NCc1nnc2ccccn12)NC1CC1c1cccc(Cl)c1. The smallest absolute Gasteiger partial charge is 0.191 e. The summed E-state index contributed by atoms with van der Waals surface area (Å²) >= 11 is 6.08. The van der Waals surface area contributed by atoms with E-state index in [-0.39, 0.29) is 0 Å². The molecule has 25 heavy (non-hydrogen) atoms. The second-order valence-electron chi connectivity index (χ2n) is 6.12. The third-order valence-corrected chi connectivity index (χ3v) is 4.65. The molecule has 0 saturated heterocycles. The van der Waals surface area contributed by atoms with Gasteiger partial charge in [0.25, 0.3) is 0 Å². The van der Waals surface area contributed by atoms with Gasteiger partial charge in [-0.15, -0.1) is 10.2 Å². The first kappa shape index (κ1) is 15.9. The number of aliphatic imine (C=N–C) groups is 1. The van der Waals surface area contributed by atoms with Gasteiger partial charge >= 0.3 is 0 Å². The first-order chi connectivity index (χ1) is 12.2. The van der Waals surface area contributed by atoms with Crippen molar-refractivity contribution in [2.45, 2.75) is 24.9 Å².